The predicted molar refractivity (Wildman–Crippen MR) is 82.7 cm³/mol. The lowest BCUT2D eigenvalue weighted by atomic mass is 10.1. The SMILES string of the molecule is CC(CN1CCCCC1)Nc1cc(N)ccc1C(N)=O. The van der Waals surface area contributed by atoms with Gasteiger partial charge in [0.05, 0.1) is 5.56 Å². The van der Waals surface area contributed by atoms with Crippen LogP contribution in [0.15, 0.2) is 18.2 Å². The van der Waals surface area contributed by atoms with Crippen molar-refractivity contribution < 1.29 is 4.79 Å². The van der Waals surface area contributed by atoms with Gasteiger partial charge in [0.25, 0.3) is 5.91 Å². The minimum absolute atomic E-state index is 0.244. The lowest BCUT2D eigenvalue weighted by Gasteiger charge is -2.30. The number of likely N-dealkylation sites (tertiary alicyclic amines) is 1. The van der Waals surface area contributed by atoms with Crippen molar-refractivity contribution in [2.45, 2.75) is 32.2 Å². The van der Waals surface area contributed by atoms with Crippen molar-refractivity contribution in [2.75, 3.05) is 30.7 Å². The molecule has 5 nitrogen and oxygen atoms in total. The molecule has 1 atom stereocenters. The van der Waals surface area contributed by atoms with Crippen LogP contribution < -0.4 is 16.8 Å². The Kier molecular flexibility index (Phi) is 4.84. The highest BCUT2D eigenvalue weighted by Crippen LogP contribution is 2.20. The van der Waals surface area contributed by atoms with Gasteiger partial charge in [-0.25, -0.2) is 0 Å². The molecule has 0 bridgehead atoms. The van der Waals surface area contributed by atoms with Gasteiger partial charge in [0.2, 0.25) is 0 Å². The summed E-state index contributed by atoms with van der Waals surface area (Å²) in [6, 6.07) is 5.38. The van der Waals surface area contributed by atoms with Gasteiger partial charge in [-0.15, -0.1) is 0 Å². The first-order valence-corrected chi connectivity index (χ1v) is 7.24. The van der Waals surface area contributed by atoms with Crippen LogP contribution in [-0.2, 0) is 0 Å². The molecule has 0 spiro atoms. The number of primary amides is 1. The predicted octanol–water partition coefficient (Wildman–Crippen LogP) is 1.65. The van der Waals surface area contributed by atoms with Crippen LogP contribution in [0.2, 0.25) is 0 Å². The van der Waals surface area contributed by atoms with Crippen LogP contribution in [0, 0.1) is 0 Å². The quantitative estimate of drug-likeness (QED) is 0.714. The van der Waals surface area contributed by atoms with E-state index in [0.717, 1.165) is 25.3 Å². The molecule has 1 aromatic rings. The summed E-state index contributed by atoms with van der Waals surface area (Å²) in [7, 11) is 0. The highest BCUT2D eigenvalue weighted by Gasteiger charge is 2.15. The molecule has 110 valence electrons. The molecule has 0 aliphatic carbocycles. The maximum absolute atomic E-state index is 11.4. The molecule has 2 rings (SSSR count). The van der Waals surface area contributed by atoms with Crippen molar-refractivity contribution in [2.24, 2.45) is 5.73 Å². The number of piperidine rings is 1. The number of carbonyl (C=O) groups excluding carboxylic acids is 1. The molecule has 1 fully saturated rings. The van der Waals surface area contributed by atoms with Crippen molar-refractivity contribution in [3.05, 3.63) is 23.8 Å². The minimum atomic E-state index is -0.433. The van der Waals surface area contributed by atoms with Gasteiger partial charge in [0.15, 0.2) is 0 Å². The van der Waals surface area contributed by atoms with Gasteiger partial charge in [0.1, 0.15) is 0 Å². The zero-order valence-electron chi connectivity index (χ0n) is 12.1. The Bertz CT molecular complexity index is 469. The van der Waals surface area contributed by atoms with Crippen molar-refractivity contribution in [1.82, 2.24) is 4.90 Å². The summed E-state index contributed by atoms with van der Waals surface area (Å²) in [6.45, 7) is 5.40. The van der Waals surface area contributed by atoms with E-state index in [9.17, 15) is 4.79 Å². The Labute approximate surface area is 120 Å². The molecular weight excluding hydrogens is 252 g/mol. The molecule has 20 heavy (non-hydrogen) atoms. The molecule has 0 aromatic heterocycles. The third-order valence-corrected chi connectivity index (χ3v) is 3.69. The van der Waals surface area contributed by atoms with Gasteiger partial charge in [-0.1, -0.05) is 6.42 Å². The van der Waals surface area contributed by atoms with E-state index in [0.29, 0.717) is 11.3 Å². The Hall–Kier alpha value is -1.75. The molecule has 5 N–H and O–H groups in total. The molecule has 1 aliphatic heterocycles. The number of hydrogen-bond acceptors (Lipinski definition) is 4. The molecular formula is C15H24N4O. The third-order valence-electron chi connectivity index (χ3n) is 3.69. The van der Waals surface area contributed by atoms with Crippen LogP contribution >= 0.6 is 0 Å². The molecule has 1 unspecified atom stereocenters. The fourth-order valence-electron chi connectivity index (χ4n) is 2.74. The van der Waals surface area contributed by atoms with E-state index in [2.05, 4.69) is 17.1 Å². The number of nitrogens with two attached hydrogens (primary N) is 2. The second kappa shape index (κ2) is 6.61. The Balaban J connectivity index is 2.00. The van der Waals surface area contributed by atoms with E-state index >= 15 is 0 Å². The molecule has 5 heteroatoms. The maximum atomic E-state index is 11.4. The van der Waals surface area contributed by atoms with Gasteiger partial charge < -0.3 is 21.7 Å². The first kappa shape index (κ1) is 14.7. The summed E-state index contributed by atoms with van der Waals surface area (Å²) < 4.78 is 0. The maximum Gasteiger partial charge on any atom is 0.250 e. The van der Waals surface area contributed by atoms with Gasteiger partial charge in [-0.3, -0.25) is 4.79 Å². The lowest BCUT2D eigenvalue weighted by Crippen LogP contribution is -2.38. The first-order valence-electron chi connectivity index (χ1n) is 7.24. The average Bonchev–Trinajstić information content (AvgIpc) is 2.39. The van der Waals surface area contributed by atoms with E-state index in [1.807, 2.05) is 0 Å². The summed E-state index contributed by atoms with van der Waals surface area (Å²) in [5.74, 6) is -0.433. The number of carbonyl (C=O) groups is 1. The highest BCUT2D eigenvalue weighted by atomic mass is 16.1. The number of benzene rings is 1. The normalized spacial score (nSPS) is 17.6. The second-order valence-electron chi connectivity index (χ2n) is 5.58. The van der Waals surface area contributed by atoms with Crippen molar-refractivity contribution in [3.8, 4) is 0 Å². The van der Waals surface area contributed by atoms with E-state index < -0.39 is 5.91 Å². The van der Waals surface area contributed by atoms with Crippen LogP contribution in [0.1, 0.15) is 36.5 Å². The van der Waals surface area contributed by atoms with Crippen LogP contribution in [0.3, 0.4) is 0 Å². The molecule has 1 aliphatic rings. The number of nitrogens with one attached hydrogen (secondary N) is 1. The third kappa shape index (κ3) is 3.87. The minimum Gasteiger partial charge on any atom is -0.399 e. The van der Waals surface area contributed by atoms with Crippen LogP contribution in [0.4, 0.5) is 11.4 Å². The molecule has 1 amide bonds. The summed E-state index contributed by atoms with van der Waals surface area (Å²) >= 11 is 0. The summed E-state index contributed by atoms with van der Waals surface area (Å²) in [5, 5.41) is 3.36. The van der Waals surface area contributed by atoms with E-state index in [-0.39, 0.29) is 6.04 Å². The Morgan fingerprint density at radius 1 is 1.35 bits per heavy atom. The first-order chi connectivity index (χ1) is 9.56. The van der Waals surface area contributed by atoms with E-state index in [4.69, 9.17) is 11.5 Å². The van der Waals surface area contributed by atoms with Crippen LogP contribution in [0.25, 0.3) is 0 Å². The number of nitrogens with zero attached hydrogens (tertiary/aromatic N) is 1. The fraction of sp³-hybridized carbons (Fsp3) is 0.533. The van der Waals surface area contributed by atoms with E-state index in [1.165, 1.54) is 19.3 Å². The van der Waals surface area contributed by atoms with Crippen molar-refractivity contribution >= 4 is 17.3 Å². The second-order valence-corrected chi connectivity index (χ2v) is 5.58. The number of nitrogen functional groups attached to an aromatic ring is 1. The zero-order valence-corrected chi connectivity index (χ0v) is 12.1. The summed E-state index contributed by atoms with van der Waals surface area (Å²) in [6.07, 6.45) is 3.88. The highest BCUT2D eigenvalue weighted by molar-refractivity contribution is 5.99. The van der Waals surface area contributed by atoms with Crippen molar-refractivity contribution in [3.63, 3.8) is 0 Å². The molecule has 0 radical (unpaired) electrons. The fourth-order valence-corrected chi connectivity index (χ4v) is 2.74. The number of hydrogen-bond donors (Lipinski definition) is 3. The molecule has 1 aromatic carbocycles. The van der Waals surface area contributed by atoms with Crippen molar-refractivity contribution in [1.29, 1.82) is 0 Å². The van der Waals surface area contributed by atoms with Gasteiger partial charge in [-0.05, 0) is 51.1 Å². The zero-order chi connectivity index (χ0) is 14.5. The van der Waals surface area contributed by atoms with Crippen LogP contribution in [0.5, 0.6) is 0 Å². The standard InChI is InChI=1S/C15H24N4O/c1-11(10-19-7-3-2-4-8-19)18-14-9-12(16)5-6-13(14)15(17)20/h5-6,9,11,18H,2-4,7-8,10,16H2,1H3,(H2,17,20). The van der Waals surface area contributed by atoms with Gasteiger partial charge in [0, 0.05) is 24.0 Å². The summed E-state index contributed by atoms with van der Waals surface area (Å²) in [5.41, 5.74) is 13.0. The average molecular weight is 276 g/mol. The molecule has 0 saturated carbocycles. The Morgan fingerprint density at radius 2 is 2.05 bits per heavy atom. The number of anilines is 2. The summed E-state index contributed by atoms with van der Waals surface area (Å²) in [4.78, 5) is 13.9. The monoisotopic (exact) mass is 276 g/mol. The van der Waals surface area contributed by atoms with Gasteiger partial charge in [-0.2, -0.15) is 0 Å². The van der Waals surface area contributed by atoms with Gasteiger partial charge >= 0.3 is 0 Å². The largest absolute Gasteiger partial charge is 0.399 e. The lowest BCUT2D eigenvalue weighted by molar-refractivity contribution is 0.100. The number of amides is 1. The van der Waals surface area contributed by atoms with Crippen LogP contribution in [-0.4, -0.2) is 36.5 Å². The van der Waals surface area contributed by atoms with E-state index in [1.54, 1.807) is 18.2 Å². The molecule has 1 heterocycles. The smallest absolute Gasteiger partial charge is 0.250 e. The Morgan fingerprint density at radius 3 is 2.70 bits per heavy atom. The molecule has 1 saturated heterocycles. The number of rotatable bonds is 5. The topological polar surface area (TPSA) is 84.4 Å².